The van der Waals surface area contributed by atoms with Crippen LogP contribution in [0.4, 0.5) is 11.4 Å². The van der Waals surface area contributed by atoms with Crippen LogP contribution in [-0.4, -0.2) is 10.9 Å². The van der Waals surface area contributed by atoms with Gasteiger partial charge in [-0.3, -0.25) is 9.59 Å². The highest BCUT2D eigenvalue weighted by molar-refractivity contribution is 5.97. The molecule has 1 heterocycles. The first-order valence-corrected chi connectivity index (χ1v) is 9.87. The fourth-order valence-electron chi connectivity index (χ4n) is 3.60. The first-order valence-electron chi connectivity index (χ1n) is 9.87. The molecule has 0 aliphatic carbocycles. The predicted octanol–water partition coefficient (Wildman–Crippen LogP) is 5.07. The quantitative estimate of drug-likeness (QED) is 0.440. The third-order valence-electron chi connectivity index (χ3n) is 5.22. The van der Waals surface area contributed by atoms with Gasteiger partial charge in [-0.15, -0.1) is 0 Å². The number of aromatic nitrogens is 1. The fourth-order valence-corrected chi connectivity index (χ4v) is 3.60. The van der Waals surface area contributed by atoms with Crippen LogP contribution in [0.1, 0.15) is 34.5 Å². The summed E-state index contributed by atoms with van der Waals surface area (Å²) in [6.45, 7) is 3.89. The number of nitrogens with one attached hydrogen (secondary N) is 3. The predicted molar refractivity (Wildman–Crippen MR) is 121 cm³/mol. The number of amides is 1. The number of aromatic amines is 1. The number of rotatable bonds is 5. The molecule has 30 heavy (non-hydrogen) atoms. The van der Waals surface area contributed by atoms with Crippen molar-refractivity contribution in [2.45, 2.75) is 19.9 Å². The minimum atomic E-state index is -0.214. The summed E-state index contributed by atoms with van der Waals surface area (Å²) >= 11 is 0. The standard InChI is InChI=1S/C25H23N3O2/c1-16-12-13-19(28-23-11-6-14-26-25(23)30)15-22(16)24(29)27-17(2)20-10-5-8-18-7-3-4-9-21(18)20/h3-15,17,28H,1-2H3,(H,26,30)(H,27,29)/t17-/m1/s1. The number of H-pyrrole nitrogens is 1. The Kier molecular flexibility index (Phi) is 5.35. The number of fused-ring (bicyclic) bond motifs is 1. The molecular weight excluding hydrogens is 374 g/mol. The third kappa shape index (κ3) is 3.96. The number of aryl methyl sites for hydroxylation is 1. The van der Waals surface area contributed by atoms with Gasteiger partial charge in [-0.1, -0.05) is 48.5 Å². The van der Waals surface area contributed by atoms with E-state index in [0.29, 0.717) is 16.9 Å². The van der Waals surface area contributed by atoms with Crippen LogP contribution in [0, 0.1) is 6.92 Å². The summed E-state index contributed by atoms with van der Waals surface area (Å²) in [6, 6.07) is 23.1. The molecule has 0 fully saturated rings. The molecule has 3 aromatic carbocycles. The maximum absolute atomic E-state index is 13.1. The number of anilines is 2. The van der Waals surface area contributed by atoms with Gasteiger partial charge in [0.1, 0.15) is 5.69 Å². The highest BCUT2D eigenvalue weighted by atomic mass is 16.1. The van der Waals surface area contributed by atoms with Crippen molar-refractivity contribution in [3.63, 3.8) is 0 Å². The summed E-state index contributed by atoms with van der Waals surface area (Å²) in [4.78, 5) is 27.6. The number of hydrogen-bond acceptors (Lipinski definition) is 3. The zero-order valence-electron chi connectivity index (χ0n) is 16.9. The highest BCUT2D eigenvalue weighted by Gasteiger charge is 2.16. The van der Waals surface area contributed by atoms with Crippen LogP contribution in [0.3, 0.4) is 0 Å². The molecule has 0 saturated carbocycles. The smallest absolute Gasteiger partial charge is 0.271 e. The van der Waals surface area contributed by atoms with E-state index in [4.69, 9.17) is 0 Å². The van der Waals surface area contributed by atoms with Crippen molar-refractivity contribution in [3.8, 4) is 0 Å². The topological polar surface area (TPSA) is 74.0 Å². The third-order valence-corrected chi connectivity index (χ3v) is 5.22. The van der Waals surface area contributed by atoms with E-state index in [9.17, 15) is 9.59 Å². The minimum absolute atomic E-state index is 0.154. The molecule has 0 saturated heterocycles. The van der Waals surface area contributed by atoms with Gasteiger partial charge in [0.05, 0.1) is 6.04 Å². The van der Waals surface area contributed by atoms with Crippen LogP contribution in [0.2, 0.25) is 0 Å². The summed E-state index contributed by atoms with van der Waals surface area (Å²) in [6.07, 6.45) is 1.58. The lowest BCUT2D eigenvalue weighted by Gasteiger charge is -2.18. The van der Waals surface area contributed by atoms with Gasteiger partial charge >= 0.3 is 0 Å². The van der Waals surface area contributed by atoms with E-state index in [-0.39, 0.29) is 17.5 Å². The lowest BCUT2D eigenvalue weighted by atomic mass is 9.99. The lowest BCUT2D eigenvalue weighted by molar-refractivity contribution is 0.0939. The number of benzene rings is 3. The molecule has 5 heteroatoms. The Balaban J connectivity index is 1.58. The van der Waals surface area contributed by atoms with Crippen molar-refractivity contribution in [3.05, 3.63) is 106 Å². The van der Waals surface area contributed by atoms with E-state index in [1.165, 1.54) is 0 Å². The molecule has 0 spiro atoms. The molecule has 3 N–H and O–H groups in total. The van der Waals surface area contributed by atoms with Crippen molar-refractivity contribution in [1.82, 2.24) is 10.3 Å². The molecule has 0 aliphatic rings. The van der Waals surface area contributed by atoms with Crippen LogP contribution in [-0.2, 0) is 0 Å². The Morgan fingerprint density at radius 3 is 2.60 bits per heavy atom. The number of carbonyl (C=O) groups is 1. The van der Waals surface area contributed by atoms with Crippen molar-refractivity contribution < 1.29 is 4.79 Å². The second-order valence-corrected chi connectivity index (χ2v) is 7.33. The molecule has 0 aliphatic heterocycles. The van der Waals surface area contributed by atoms with Crippen molar-refractivity contribution in [2.24, 2.45) is 0 Å². The van der Waals surface area contributed by atoms with Gasteiger partial charge in [-0.05, 0) is 60.0 Å². The average Bonchev–Trinajstić information content (AvgIpc) is 2.76. The highest BCUT2D eigenvalue weighted by Crippen LogP contribution is 2.25. The Morgan fingerprint density at radius 2 is 1.77 bits per heavy atom. The zero-order valence-corrected chi connectivity index (χ0v) is 16.9. The maximum atomic E-state index is 13.1. The monoisotopic (exact) mass is 397 g/mol. The van der Waals surface area contributed by atoms with E-state index in [1.807, 2.05) is 50.2 Å². The van der Waals surface area contributed by atoms with Gasteiger partial charge in [0.25, 0.3) is 11.5 Å². The zero-order chi connectivity index (χ0) is 21.1. The molecule has 1 amide bonds. The second-order valence-electron chi connectivity index (χ2n) is 7.33. The van der Waals surface area contributed by atoms with E-state index in [0.717, 1.165) is 21.9 Å². The lowest BCUT2D eigenvalue weighted by Crippen LogP contribution is -2.27. The van der Waals surface area contributed by atoms with Crippen LogP contribution in [0.5, 0.6) is 0 Å². The fraction of sp³-hybridized carbons (Fsp3) is 0.120. The van der Waals surface area contributed by atoms with E-state index < -0.39 is 0 Å². The maximum Gasteiger partial charge on any atom is 0.271 e. The molecule has 5 nitrogen and oxygen atoms in total. The molecule has 0 bridgehead atoms. The number of hydrogen-bond donors (Lipinski definition) is 3. The van der Waals surface area contributed by atoms with Crippen LogP contribution >= 0.6 is 0 Å². The van der Waals surface area contributed by atoms with E-state index in [1.54, 1.807) is 24.4 Å². The molecule has 1 atom stereocenters. The molecule has 4 aromatic rings. The summed E-state index contributed by atoms with van der Waals surface area (Å²) in [5, 5.41) is 8.47. The first kappa shape index (κ1) is 19.5. The molecular formula is C25H23N3O2. The van der Waals surface area contributed by atoms with Crippen LogP contribution < -0.4 is 16.2 Å². The molecule has 1 aromatic heterocycles. The Bertz CT molecular complexity index is 1270. The second kappa shape index (κ2) is 8.25. The van der Waals surface area contributed by atoms with Gasteiger partial charge < -0.3 is 15.6 Å². The van der Waals surface area contributed by atoms with Gasteiger partial charge in [-0.2, -0.15) is 0 Å². The van der Waals surface area contributed by atoms with Crippen molar-refractivity contribution in [2.75, 3.05) is 5.32 Å². The molecule has 4 rings (SSSR count). The number of pyridine rings is 1. The summed E-state index contributed by atoms with van der Waals surface area (Å²) < 4.78 is 0. The van der Waals surface area contributed by atoms with Gasteiger partial charge in [-0.25, -0.2) is 0 Å². The molecule has 150 valence electrons. The Morgan fingerprint density at radius 1 is 0.967 bits per heavy atom. The van der Waals surface area contributed by atoms with Crippen molar-refractivity contribution in [1.29, 1.82) is 0 Å². The first-order chi connectivity index (χ1) is 14.5. The largest absolute Gasteiger partial charge is 0.351 e. The molecule has 0 unspecified atom stereocenters. The number of carbonyl (C=O) groups excluding carboxylic acids is 1. The SMILES string of the molecule is Cc1ccc(Nc2ccc[nH]c2=O)cc1C(=O)N[C@H](C)c1cccc2ccccc12. The van der Waals surface area contributed by atoms with Crippen molar-refractivity contribution >= 4 is 28.1 Å². The normalized spacial score (nSPS) is 11.8. The van der Waals surface area contributed by atoms with Gasteiger partial charge in [0.15, 0.2) is 0 Å². The van der Waals surface area contributed by atoms with E-state index >= 15 is 0 Å². The Hall–Kier alpha value is -3.86. The van der Waals surface area contributed by atoms with Crippen LogP contribution in [0.15, 0.2) is 83.8 Å². The van der Waals surface area contributed by atoms with Gasteiger partial charge in [0, 0.05) is 17.4 Å². The summed E-state index contributed by atoms with van der Waals surface area (Å²) in [5.41, 5.74) is 3.40. The summed E-state index contributed by atoms with van der Waals surface area (Å²) in [5.74, 6) is -0.154. The average molecular weight is 397 g/mol. The summed E-state index contributed by atoms with van der Waals surface area (Å²) in [7, 11) is 0. The van der Waals surface area contributed by atoms with E-state index in [2.05, 4.69) is 33.8 Å². The van der Waals surface area contributed by atoms with Crippen LogP contribution in [0.25, 0.3) is 10.8 Å². The minimum Gasteiger partial charge on any atom is -0.351 e. The Labute approximate surface area is 174 Å². The molecule has 0 radical (unpaired) electrons. The van der Waals surface area contributed by atoms with Gasteiger partial charge in [0.2, 0.25) is 0 Å².